The van der Waals surface area contributed by atoms with Gasteiger partial charge in [0.05, 0.1) is 11.3 Å². The molecule has 1 aromatic rings. The number of rotatable bonds is 3. The quantitative estimate of drug-likeness (QED) is 0.651. The fourth-order valence-electron chi connectivity index (χ4n) is 1.30. The number of hydrogen-bond donors (Lipinski definition) is 3. The van der Waals surface area contributed by atoms with Crippen LogP contribution in [0.1, 0.15) is 12.5 Å². The lowest BCUT2D eigenvalue weighted by Crippen LogP contribution is -2.35. The Hall–Kier alpha value is -2.22. The second kappa shape index (κ2) is 5.03. The summed E-state index contributed by atoms with van der Waals surface area (Å²) >= 11 is 0. The van der Waals surface area contributed by atoms with Crippen LogP contribution in [0.2, 0.25) is 0 Å². The molecule has 1 aromatic carbocycles. The van der Waals surface area contributed by atoms with Crippen LogP contribution in [0, 0.1) is 11.3 Å². The molecule has 0 radical (unpaired) electrons. The Balaban J connectivity index is 2.90. The molecule has 0 aliphatic carbocycles. The second-order valence-corrected chi connectivity index (χ2v) is 3.40. The molecule has 0 saturated heterocycles. The molecule has 1 amide bonds. The molecule has 5 heteroatoms. The fourth-order valence-corrected chi connectivity index (χ4v) is 1.30. The molecule has 1 rings (SSSR count). The molecule has 0 heterocycles. The van der Waals surface area contributed by atoms with E-state index in [4.69, 9.17) is 11.0 Å². The van der Waals surface area contributed by atoms with Gasteiger partial charge in [-0.1, -0.05) is 0 Å². The Labute approximate surface area is 94.2 Å². The molecular weight excluding hydrogens is 204 g/mol. The summed E-state index contributed by atoms with van der Waals surface area (Å²) in [6.45, 7) is 1.72. The van der Waals surface area contributed by atoms with E-state index in [-0.39, 0.29) is 5.91 Å². The monoisotopic (exact) mass is 218 g/mol. The van der Waals surface area contributed by atoms with E-state index >= 15 is 0 Å². The van der Waals surface area contributed by atoms with Crippen molar-refractivity contribution in [2.45, 2.75) is 13.0 Å². The van der Waals surface area contributed by atoms with E-state index in [1.54, 1.807) is 32.2 Å². The van der Waals surface area contributed by atoms with E-state index in [9.17, 15) is 4.79 Å². The number of nitrogen functional groups attached to an aromatic ring is 1. The number of benzene rings is 1. The van der Waals surface area contributed by atoms with Crippen molar-refractivity contribution in [3.63, 3.8) is 0 Å². The highest BCUT2D eigenvalue weighted by molar-refractivity contribution is 5.84. The van der Waals surface area contributed by atoms with Crippen molar-refractivity contribution in [2.75, 3.05) is 18.1 Å². The Morgan fingerprint density at radius 3 is 2.81 bits per heavy atom. The number of nitrogens with one attached hydrogen (secondary N) is 2. The number of carbonyl (C=O) groups excluding carboxylic acids is 1. The van der Waals surface area contributed by atoms with E-state index in [2.05, 4.69) is 10.6 Å². The third-order valence-electron chi connectivity index (χ3n) is 2.18. The van der Waals surface area contributed by atoms with Gasteiger partial charge in [0.25, 0.3) is 0 Å². The molecule has 0 fully saturated rings. The van der Waals surface area contributed by atoms with Crippen molar-refractivity contribution in [1.82, 2.24) is 5.32 Å². The fraction of sp³-hybridized carbons (Fsp3) is 0.273. The average Bonchev–Trinajstić information content (AvgIpc) is 2.30. The first kappa shape index (κ1) is 11.9. The minimum atomic E-state index is -0.402. The van der Waals surface area contributed by atoms with E-state index in [0.29, 0.717) is 16.9 Å². The lowest BCUT2D eigenvalue weighted by molar-refractivity contribution is -0.121. The number of nitrogens with zero attached hydrogens (tertiary/aromatic N) is 1. The molecule has 4 N–H and O–H groups in total. The van der Waals surface area contributed by atoms with Crippen LogP contribution in [0.15, 0.2) is 18.2 Å². The van der Waals surface area contributed by atoms with Gasteiger partial charge in [0.1, 0.15) is 12.1 Å². The maximum Gasteiger partial charge on any atom is 0.241 e. The molecule has 0 saturated carbocycles. The van der Waals surface area contributed by atoms with Crippen molar-refractivity contribution in [2.24, 2.45) is 0 Å². The van der Waals surface area contributed by atoms with Crippen LogP contribution in [0.25, 0.3) is 0 Å². The second-order valence-electron chi connectivity index (χ2n) is 3.40. The number of hydrogen-bond acceptors (Lipinski definition) is 4. The molecule has 0 bridgehead atoms. The largest absolute Gasteiger partial charge is 0.399 e. The number of anilines is 2. The minimum absolute atomic E-state index is 0.138. The average molecular weight is 218 g/mol. The Bertz CT molecular complexity index is 436. The summed E-state index contributed by atoms with van der Waals surface area (Å²) in [6, 6.07) is 6.56. The van der Waals surface area contributed by atoms with E-state index < -0.39 is 6.04 Å². The zero-order valence-corrected chi connectivity index (χ0v) is 9.24. The highest BCUT2D eigenvalue weighted by atomic mass is 16.2. The number of likely N-dealkylation sites (N-methyl/N-ethyl adjacent to an activating group) is 1. The van der Waals surface area contributed by atoms with Crippen molar-refractivity contribution >= 4 is 17.3 Å². The van der Waals surface area contributed by atoms with Gasteiger partial charge < -0.3 is 16.4 Å². The predicted octanol–water partition coefficient (Wildman–Crippen LogP) is 0.687. The van der Waals surface area contributed by atoms with Gasteiger partial charge in [0.2, 0.25) is 5.91 Å². The lowest BCUT2D eigenvalue weighted by Gasteiger charge is -2.14. The topological polar surface area (TPSA) is 90.9 Å². The maximum absolute atomic E-state index is 11.3. The highest BCUT2D eigenvalue weighted by Crippen LogP contribution is 2.18. The van der Waals surface area contributed by atoms with Gasteiger partial charge in [0.15, 0.2) is 0 Å². The summed E-state index contributed by atoms with van der Waals surface area (Å²) in [5.41, 5.74) is 7.12. The van der Waals surface area contributed by atoms with Crippen molar-refractivity contribution in [1.29, 1.82) is 5.26 Å². The number of nitriles is 1. The molecular formula is C11H14N4O. The molecule has 1 unspecified atom stereocenters. The third kappa shape index (κ3) is 2.64. The first-order valence-electron chi connectivity index (χ1n) is 4.86. The van der Waals surface area contributed by atoms with Crippen LogP contribution in [0.4, 0.5) is 11.4 Å². The van der Waals surface area contributed by atoms with Gasteiger partial charge >= 0.3 is 0 Å². The van der Waals surface area contributed by atoms with Gasteiger partial charge in [-0.05, 0) is 25.1 Å². The number of amides is 1. The molecule has 0 aliphatic heterocycles. The van der Waals surface area contributed by atoms with E-state index in [1.165, 1.54) is 0 Å². The molecule has 1 atom stereocenters. The standard InChI is InChI=1S/C11H14N4O/c1-7(11(16)14-2)15-10-4-3-9(13)5-8(10)6-12/h3-5,7,15H,13H2,1-2H3,(H,14,16). The van der Waals surface area contributed by atoms with Crippen LogP contribution in [0.5, 0.6) is 0 Å². The zero-order chi connectivity index (χ0) is 12.1. The highest BCUT2D eigenvalue weighted by Gasteiger charge is 2.12. The van der Waals surface area contributed by atoms with Crippen LogP contribution < -0.4 is 16.4 Å². The predicted molar refractivity (Wildman–Crippen MR) is 62.7 cm³/mol. The summed E-state index contributed by atoms with van der Waals surface area (Å²) in [5.74, 6) is -0.138. The van der Waals surface area contributed by atoms with Crippen LogP contribution in [-0.4, -0.2) is 19.0 Å². The summed E-state index contributed by atoms with van der Waals surface area (Å²) in [6.07, 6.45) is 0. The van der Waals surface area contributed by atoms with Crippen molar-refractivity contribution < 1.29 is 4.79 Å². The molecule has 0 spiro atoms. The maximum atomic E-state index is 11.3. The normalized spacial score (nSPS) is 11.3. The van der Waals surface area contributed by atoms with Crippen LogP contribution in [0.3, 0.4) is 0 Å². The lowest BCUT2D eigenvalue weighted by atomic mass is 10.1. The number of nitrogens with two attached hydrogens (primary N) is 1. The van der Waals surface area contributed by atoms with Gasteiger partial charge in [-0.2, -0.15) is 5.26 Å². The van der Waals surface area contributed by atoms with Crippen LogP contribution in [-0.2, 0) is 4.79 Å². The van der Waals surface area contributed by atoms with Crippen molar-refractivity contribution in [3.05, 3.63) is 23.8 Å². The van der Waals surface area contributed by atoms with Crippen LogP contribution >= 0.6 is 0 Å². The SMILES string of the molecule is CNC(=O)C(C)Nc1ccc(N)cc1C#N. The molecule has 0 aromatic heterocycles. The Morgan fingerprint density at radius 1 is 1.56 bits per heavy atom. The van der Waals surface area contributed by atoms with Crippen molar-refractivity contribution in [3.8, 4) is 6.07 Å². The Kier molecular flexibility index (Phi) is 3.72. The number of carbonyl (C=O) groups is 1. The molecule has 5 nitrogen and oxygen atoms in total. The van der Waals surface area contributed by atoms with Gasteiger partial charge in [-0.15, -0.1) is 0 Å². The molecule has 0 aliphatic rings. The first-order valence-corrected chi connectivity index (χ1v) is 4.86. The molecule has 84 valence electrons. The first-order chi connectivity index (χ1) is 7.58. The Morgan fingerprint density at radius 2 is 2.25 bits per heavy atom. The third-order valence-corrected chi connectivity index (χ3v) is 2.18. The van der Waals surface area contributed by atoms with E-state index in [1.807, 2.05) is 6.07 Å². The van der Waals surface area contributed by atoms with Gasteiger partial charge in [-0.25, -0.2) is 0 Å². The van der Waals surface area contributed by atoms with E-state index in [0.717, 1.165) is 0 Å². The van der Waals surface area contributed by atoms with Gasteiger partial charge in [-0.3, -0.25) is 4.79 Å². The summed E-state index contributed by atoms with van der Waals surface area (Å²) in [7, 11) is 1.56. The summed E-state index contributed by atoms with van der Waals surface area (Å²) < 4.78 is 0. The van der Waals surface area contributed by atoms with Gasteiger partial charge in [0, 0.05) is 12.7 Å². The zero-order valence-electron chi connectivity index (χ0n) is 9.24. The minimum Gasteiger partial charge on any atom is -0.399 e. The summed E-state index contributed by atoms with van der Waals surface area (Å²) in [4.78, 5) is 11.3. The summed E-state index contributed by atoms with van der Waals surface area (Å²) in [5, 5.41) is 14.4. The smallest absolute Gasteiger partial charge is 0.241 e. The molecule has 16 heavy (non-hydrogen) atoms.